The molecule has 1 aromatic heterocycles. The summed E-state index contributed by atoms with van der Waals surface area (Å²) in [6.45, 7) is 0. The number of rotatable bonds is 3. The van der Waals surface area contributed by atoms with Crippen molar-refractivity contribution < 1.29 is 14.5 Å². The summed E-state index contributed by atoms with van der Waals surface area (Å²) in [6.07, 6.45) is 8.59. The molecule has 1 aromatic rings. The van der Waals surface area contributed by atoms with Gasteiger partial charge in [-0.05, 0) is 43.1 Å². The number of esters is 1. The van der Waals surface area contributed by atoms with Crippen molar-refractivity contribution in [1.82, 2.24) is 4.98 Å². The molecule has 1 heterocycles. The molecule has 0 aromatic carbocycles. The molecule has 0 amide bonds. The smallest absolute Gasteiger partial charge is 0.357 e. The molecule has 2 aliphatic carbocycles. The number of nitrogens with zero attached hydrogens (tertiary/aromatic N) is 2. The molecule has 1 fully saturated rings. The van der Waals surface area contributed by atoms with Crippen LogP contribution in [-0.4, -0.2) is 23.0 Å². The van der Waals surface area contributed by atoms with Crippen molar-refractivity contribution in [3.63, 3.8) is 0 Å². The molecule has 0 atom stereocenters. The van der Waals surface area contributed by atoms with Crippen LogP contribution in [0.25, 0.3) is 5.57 Å². The molecule has 0 radical (unpaired) electrons. The Morgan fingerprint density at radius 3 is 2.71 bits per heavy atom. The summed E-state index contributed by atoms with van der Waals surface area (Å²) in [5.74, 6) is -0.562. The van der Waals surface area contributed by atoms with Crippen LogP contribution in [-0.2, 0) is 4.74 Å². The van der Waals surface area contributed by atoms with E-state index in [0.29, 0.717) is 11.0 Å². The Morgan fingerprint density at radius 1 is 1.43 bits per heavy atom. The highest BCUT2D eigenvalue weighted by atomic mass is 16.6. The first-order chi connectivity index (χ1) is 10.0. The Bertz CT molecular complexity index is 647. The summed E-state index contributed by atoms with van der Waals surface area (Å²) in [4.78, 5) is 26.2. The third-order valence-electron chi connectivity index (χ3n) is 4.47. The predicted octanol–water partition coefficient (Wildman–Crippen LogP) is 3.12. The average molecular weight is 288 g/mol. The van der Waals surface area contributed by atoms with Crippen LogP contribution in [0.2, 0.25) is 0 Å². The van der Waals surface area contributed by atoms with Crippen molar-refractivity contribution in [1.29, 1.82) is 0 Å². The number of hydrogen-bond donors (Lipinski definition) is 0. The summed E-state index contributed by atoms with van der Waals surface area (Å²) < 4.78 is 4.72. The number of carbonyl (C=O) groups is 1. The molecule has 0 saturated heterocycles. The molecule has 0 bridgehead atoms. The number of allylic oxidation sites excluding steroid dienone is 2. The lowest BCUT2D eigenvalue weighted by Gasteiger charge is -2.21. The van der Waals surface area contributed by atoms with Crippen LogP contribution in [0.5, 0.6) is 0 Å². The molecule has 6 nitrogen and oxygen atoms in total. The van der Waals surface area contributed by atoms with E-state index < -0.39 is 10.9 Å². The number of aromatic nitrogens is 1. The first kappa shape index (κ1) is 13.7. The average Bonchev–Trinajstić information content (AvgIpc) is 3.26. The molecule has 2 aliphatic rings. The number of hydrogen-bond acceptors (Lipinski definition) is 5. The van der Waals surface area contributed by atoms with Gasteiger partial charge in [-0.25, -0.2) is 9.78 Å². The van der Waals surface area contributed by atoms with Gasteiger partial charge in [-0.15, -0.1) is 0 Å². The SMILES string of the molecule is COC(=O)c1ncc([N+](=O)[O-])cc1C1=CCC2(CC1)CC2. The van der Waals surface area contributed by atoms with Crippen LogP contribution in [0, 0.1) is 15.5 Å². The fourth-order valence-corrected chi connectivity index (χ4v) is 2.88. The Morgan fingerprint density at radius 2 is 2.19 bits per heavy atom. The van der Waals surface area contributed by atoms with Crippen LogP contribution in [0.3, 0.4) is 0 Å². The molecular weight excluding hydrogens is 272 g/mol. The lowest BCUT2D eigenvalue weighted by atomic mass is 9.84. The minimum absolute atomic E-state index is 0.106. The normalized spacial score (nSPS) is 19.0. The second kappa shape index (κ2) is 4.95. The van der Waals surface area contributed by atoms with Crippen molar-refractivity contribution in [2.24, 2.45) is 5.41 Å². The van der Waals surface area contributed by atoms with Crippen LogP contribution < -0.4 is 0 Å². The van der Waals surface area contributed by atoms with Crippen molar-refractivity contribution in [2.75, 3.05) is 7.11 Å². The molecule has 110 valence electrons. The summed E-state index contributed by atoms with van der Waals surface area (Å²) in [6, 6.07) is 1.43. The zero-order valence-electron chi connectivity index (χ0n) is 11.8. The van der Waals surface area contributed by atoms with Crippen LogP contribution in [0.4, 0.5) is 5.69 Å². The monoisotopic (exact) mass is 288 g/mol. The molecular formula is C15H16N2O4. The quantitative estimate of drug-likeness (QED) is 0.485. The van der Waals surface area contributed by atoms with Gasteiger partial charge in [0.1, 0.15) is 6.20 Å². The lowest BCUT2D eigenvalue weighted by molar-refractivity contribution is -0.385. The van der Waals surface area contributed by atoms with Gasteiger partial charge in [0.25, 0.3) is 5.69 Å². The van der Waals surface area contributed by atoms with E-state index in [4.69, 9.17) is 4.74 Å². The van der Waals surface area contributed by atoms with E-state index >= 15 is 0 Å². The summed E-state index contributed by atoms with van der Waals surface area (Å²) >= 11 is 0. The van der Waals surface area contributed by atoms with E-state index in [-0.39, 0.29) is 11.4 Å². The minimum Gasteiger partial charge on any atom is -0.464 e. The molecule has 0 aliphatic heterocycles. The van der Waals surface area contributed by atoms with Crippen molar-refractivity contribution >= 4 is 17.2 Å². The maximum Gasteiger partial charge on any atom is 0.357 e. The van der Waals surface area contributed by atoms with E-state index in [0.717, 1.165) is 31.0 Å². The molecule has 6 heteroatoms. The highest BCUT2D eigenvalue weighted by Crippen LogP contribution is 2.56. The number of nitro groups is 1. The lowest BCUT2D eigenvalue weighted by Crippen LogP contribution is -2.12. The van der Waals surface area contributed by atoms with Crippen LogP contribution >= 0.6 is 0 Å². The highest BCUT2D eigenvalue weighted by molar-refractivity contribution is 5.94. The van der Waals surface area contributed by atoms with Gasteiger partial charge >= 0.3 is 5.97 Å². The van der Waals surface area contributed by atoms with E-state index in [1.165, 1.54) is 26.0 Å². The summed E-state index contributed by atoms with van der Waals surface area (Å²) in [5.41, 5.74) is 2.00. The molecule has 0 unspecified atom stereocenters. The van der Waals surface area contributed by atoms with Gasteiger partial charge in [0.05, 0.1) is 12.0 Å². The maximum atomic E-state index is 11.8. The van der Waals surface area contributed by atoms with Gasteiger partial charge in [0, 0.05) is 11.6 Å². The fourth-order valence-electron chi connectivity index (χ4n) is 2.88. The van der Waals surface area contributed by atoms with Gasteiger partial charge < -0.3 is 4.74 Å². The number of ether oxygens (including phenoxy) is 1. The standard InChI is InChI=1S/C15H16N2O4/c1-21-14(18)13-12(8-11(9-16-13)17(19)20)10-2-4-15(5-3-10)6-7-15/h2,8-9H,3-7H2,1H3. The Balaban J connectivity index is 2.01. The summed E-state index contributed by atoms with van der Waals surface area (Å²) in [5, 5.41) is 10.9. The Kier molecular flexibility index (Phi) is 3.23. The predicted molar refractivity (Wildman–Crippen MR) is 75.7 cm³/mol. The van der Waals surface area contributed by atoms with Gasteiger partial charge in [-0.2, -0.15) is 0 Å². The van der Waals surface area contributed by atoms with E-state index in [1.807, 2.05) is 0 Å². The van der Waals surface area contributed by atoms with E-state index in [1.54, 1.807) is 0 Å². The highest BCUT2D eigenvalue weighted by Gasteiger charge is 2.43. The zero-order chi connectivity index (χ0) is 15.0. The van der Waals surface area contributed by atoms with E-state index in [9.17, 15) is 14.9 Å². The second-order valence-electron chi connectivity index (χ2n) is 5.77. The second-order valence-corrected chi connectivity index (χ2v) is 5.77. The Hall–Kier alpha value is -2.24. The van der Waals surface area contributed by atoms with E-state index in [2.05, 4.69) is 11.1 Å². The van der Waals surface area contributed by atoms with Gasteiger partial charge in [0.2, 0.25) is 0 Å². The third kappa shape index (κ3) is 2.53. The Labute approximate surface area is 122 Å². The zero-order valence-corrected chi connectivity index (χ0v) is 11.8. The first-order valence-electron chi connectivity index (χ1n) is 6.97. The number of pyridine rings is 1. The van der Waals surface area contributed by atoms with Gasteiger partial charge in [-0.1, -0.05) is 6.08 Å². The van der Waals surface area contributed by atoms with Crippen LogP contribution in [0.15, 0.2) is 18.3 Å². The third-order valence-corrected chi connectivity index (χ3v) is 4.47. The summed E-state index contributed by atoms with van der Waals surface area (Å²) in [7, 11) is 1.28. The number of methoxy groups -OCH3 is 1. The molecule has 21 heavy (non-hydrogen) atoms. The van der Waals surface area contributed by atoms with Crippen LogP contribution in [0.1, 0.15) is 48.2 Å². The molecule has 0 N–H and O–H groups in total. The molecule has 1 saturated carbocycles. The van der Waals surface area contributed by atoms with Gasteiger partial charge in [-0.3, -0.25) is 10.1 Å². The topological polar surface area (TPSA) is 82.3 Å². The fraction of sp³-hybridized carbons (Fsp3) is 0.467. The minimum atomic E-state index is -0.562. The van der Waals surface area contributed by atoms with Crippen molar-refractivity contribution in [3.8, 4) is 0 Å². The maximum absolute atomic E-state index is 11.8. The first-order valence-corrected chi connectivity index (χ1v) is 6.97. The molecule has 3 rings (SSSR count). The van der Waals surface area contributed by atoms with Crippen molar-refractivity contribution in [3.05, 3.63) is 39.7 Å². The van der Waals surface area contributed by atoms with Gasteiger partial charge in [0.15, 0.2) is 5.69 Å². The largest absolute Gasteiger partial charge is 0.464 e. The van der Waals surface area contributed by atoms with Crippen molar-refractivity contribution in [2.45, 2.75) is 32.1 Å². The number of carbonyl (C=O) groups excluding carboxylic acids is 1. The molecule has 1 spiro atoms.